The molecule has 1 aliphatic heterocycles. The fourth-order valence-corrected chi connectivity index (χ4v) is 6.25. The molecule has 0 saturated carbocycles. The Hall–Kier alpha value is -3.01. The van der Waals surface area contributed by atoms with Crippen LogP contribution >= 0.6 is 23.1 Å². The predicted octanol–water partition coefficient (Wildman–Crippen LogP) is 4.92. The number of carbonyl (C=O) groups is 1. The molecule has 0 fully saturated rings. The van der Waals surface area contributed by atoms with Crippen molar-refractivity contribution in [1.82, 2.24) is 0 Å². The van der Waals surface area contributed by atoms with Crippen LogP contribution in [-0.2, 0) is 11.3 Å². The van der Waals surface area contributed by atoms with Crippen LogP contribution in [0.25, 0.3) is 16.3 Å². The Morgan fingerprint density at radius 2 is 1.89 bits per heavy atom. The number of ether oxygens (including phenoxy) is 2. The molecular formula is C26H29N2O5S2+. The summed E-state index contributed by atoms with van der Waals surface area (Å²) in [5.74, 6) is 0.686. The van der Waals surface area contributed by atoms with Gasteiger partial charge < -0.3 is 24.6 Å². The minimum absolute atomic E-state index is 0.0348. The number of carboxylic acid groups (broad SMARTS) is 1. The fourth-order valence-electron chi connectivity index (χ4n) is 3.96. The number of aliphatic hydroxyl groups is 1. The third-order valence-corrected chi connectivity index (χ3v) is 8.00. The van der Waals surface area contributed by atoms with Crippen molar-refractivity contribution in [3.8, 4) is 11.5 Å². The first-order valence-corrected chi connectivity index (χ1v) is 13.0. The zero-order chi connectivity index (χ0) is 24.9. The van der Waals surface area contributed by atoms with Gasteiger partial charge in [-0.25, -0.2) is 0 Å². The Morgan fingerprint density at radius 3 is 2.57 bits per heavy atom. The molecule has 0 bridgehead atoms. The SMILES string of the molecule is CCC(/C=C1\Sc2ccc(OC)cc2N1CCC(=O)O)=C\c1sc2ccc(OC)cc2[n+]1CCO. The normalized spacial score (nSPS) is 14.6. The minimum atomic E-state index is -0.831. The highest BCUT2D eigenvalue weighted by Crippen LogP contribution is 2.48. The summed E-state index contributed by atoms with van der Waals surface area (Å²) in [7, 11) is 3.28. The van der Waals surface area contributed by atoms with Gasteiger partial charge in [0.05, 0.1) is 37.4 Å². The van der Waals surface area contributed by atoms with Crippen LogP contribution in [0.4, 0.5) is 5.69 Å². The van der Waals surface area contributed by atoms with E-state index >= 15 is 0 Å². The summed E-state index contributed by atoms with van der Waals surface area (Å²) >= 11 is 3.30. The molecule has 0 unspecified atom stereocenters. The number of aliphatic carboxylic acids is 1. The zero-order valence-corrected chi connectivity index (χ0v) is 21.6. The molecule has 3 aromatic rings. The van der Waals surface area contributed by atoms with Crippen molar-refractivity contribution in [3.05, 3.63) is 58.1 Å². The standard InChI is InChI=1S/C26H28N2O5S2/c1-4-17(14-25-28(11-12-29)21-16-19(33-3)6-8-23(21)35-25)13-24-27(10-9-26(30)31)20-15-18(32-2)5-7-22(20)34-24/h5-8,13-16,29H,4,9-12H2,1-3H3/p+1. The molecular weight excluding hydrogens is 484 g/mol. The van der Waals surface area contributed by atoms with Gasteiger partial charge in [0.1, 0.15) is 22.8 Å². The third-order valence-electron chi connectivity index (χ3n) is 5.77. The first-order valence-electron chi connectivity index (χ1n) is 11.4. The number of hydrogen-bond donors (Lipinski definition) is 2. The van der Waals surface area contributed by atoms with E-state index in [1.54, 1.807) is 37.3 Å². The molecule has 2 aromatic carbocycles. The second-order valence-electron chi connectivity index (χ2n) is 7.94. The van der Waals surface area contributed by atoms with E-state index in [9.17, 15) is 15.0 Å². The molecule has 4 rings (SSSR count). The Bertz CT molecular complexity index is 1300. The van der Waals surface area contributed by atoms with Gasteiger partial charge in [0, 0.05) is 23.6 Å². The molecule has 1 aliphatic rings. The maximum Gasteiger partial charge on any atom is 0.305 e. The molecule has 0 atom stereocenters. The van der Waals surface area contributed by atoms with E-state index in [4.69, 9.17) is 9.47 Å². The molecule has 0 amide bonds. The van der Waals surface area contributed by atoms with Crippen molar-refractivity contribution in [2.75, 3.05) is 32.3 Å². The van der Waals surface area contributed by atoms with Gasteiger partial charge in [-0.05, 0) is 42.3 Å². The van der Waals surface area contributed by atoms with Gasteiger partial charge >= 0.3 is 5.97 Å². The lowest BCUT2D eigenvalue weighted by molar-refractivity contribution is -0.670. The van der Waals surface area contributed by atoms with E-state index in [-0.39, 0.29) is 13.0 Å². The summed E-state index contributed by atoms with van der Waals surface area (Å²) in [6.07, 6.45) is 5.12. The largest absolute Gasteiger partial charge is 0.497 e. The summed E-state index contributed by atoms with van der Waals surface area (Å²) in [5.41, 5.74) is 3.09. The molecule has 7 nitrogen and oxygen atoms in total. The van der Waals surface area contributed by atoms with Gasteiger partial charge in [-0.1, -0.05) is 30.0 Å². The summed E-state index contributed by atoms with van der Waals surface area (Å²) in [4.78, 5) is 14.5. The maximum atomic E-state index is 11.3. The van der Waals surface area contributed by atoms with Crippen LogP contribution in [0.2, 0.25) is 0 Å². The molecule has 184 valence electrons. The molecule has 9 heteroatoms. The van der Waals surface area contributed by atoms with Crippen LogP contribution in [0.5, 0.6) is 11.5 Å². The van der Waals surface area contributed by atoms with Crippen LogP contribution in [-0.4, -0.2) is 43.6 Å². The molecule has 0 spiro atoms. The molecule has 2 N–H and O–H groups in total. The van der Waals surface area contributed by atoms with E-state index < -0.39 is 5.97 Å². The van der Waals surface area contributed by atoms with Crippen molar-refractivity contribution in [2.24, 2.45) is 0 Å². The smallest absolute Gasteiger partial charge is 0.305 e. The first kappa shape index (κ1) is 25.1. The number of methoxy groups -OCH3 is 2. The van der Waals surface area contributed by atoms with E-state index in [1.165, 1.54) is 0 Å². The van der Waals surface area contributed by atoms with Crippen LogP contribution in [0.1, 0.15) is 24.8 Å². The number of aliphatic hydroxyl groups excluding tert-OH is 1. The van der Waals surface area contributed by atoms with Gasteiger partial charge in [-0.15, -0.1) is 0 Å². The van der Waals surface area contributed by atoms with Crippen molar-refractivity contribution in [3.63, 3.8) is 0 Å². The lowest BCUT2D eigenvalue weighted by Gasteiger charge is -2.20. The fraction of sp³-hybridized carbons (Fsp3) is 0.308. The van der Waals surface area contributed by atoms with Gasteiger partial charge in [0.15, 0.2) is 6.54 Å². The molecule has 0 aliphatic carbocycles. The zero-order valence-electron chi connectivity index (χ0n) is 20.0. The number of rotatable bonds is 10. The van der Waals surface area contributed by atoms with Gasteiger partial charge in [0.25, 0.3) is 5.01 Å². The Labute approximate surface area is 212 Å². The average Bonchev–Trinajstić information content (AvgIpc) is 3.38. The molecule has 0 saturated heterocycles. The number of allylic oxidation sites excluding steroid dienone is 2. The second-order valence-corrected chi connectivity index (χ2v) is 10.1. The van der Waals surface area contributed by atoms with Crippen molar-refractivity contribution < 1.29 is 29.0 Å². The van der Waals surface area contributed by atoms with Crippen LogP contribution in [0, 0.1) is 0 Å². The second kappa shape index (κ2) is 11.2. The van der Waals surface area contributed by atoms with E-state index in [0.717, 1.165) is 54.3 Å². The first-order chi connectivity index (χ1) is 17.0. The Kier molecular flexibility index (Phi) is 8.00. The number of carboxylic acids is 1. The highest BCUT2D eigenvalue weighted by molar-refractivity contribution is 8.03. The average molecular weight is 514 g/mol. The predicted molar refractivity (Wildman–Crippen MR) is 140 cm³/mol. The highest BCUT2D eigenvalue weighted by Gasteiger charge is 2.27. The lowest BCUT2D eigenvalue weighted by atomic mass is 10.2. The molecule has 2 heterocycles. The minimum Gasteiger partial charge on any atom is -0.497 e. The number of anilines is 1. The third kappa shape index (κ3) is 5.47. The van der Waals surface area contributed by atoms with Gasteiger partial charge in [-0.2, -0.15) is 4.57 Å². The van der Waals surface area contributed by atoms with Crippen LogP contribution < -0.4 is 18.9 Å². The number of hydrogen-bond acceptors (Lipinski definition) is 7. The number of thiazole rings is 1. The van der Waals surface area contributed by atoms with Crippen LogP contribution in [0.3, 0.4) is 0 Å². The summed E-state index contributed by atoms with van der Waals surface area (Å²) in [6, 6.07) is 11.9. The van der Waals surface area contributed by atoms with E-state index in [0.29, 0.717) is 13.1 Å². The maximum absolute atomic E-state index is 11.3. The highest BCUT2D eigenvalue weighted by atomic mass is 32.2. The van der Waals surface area contributed by atoms with Gasteiger partial charge in [0.2, 0.25) is 5.52 Å². The molecule has 0 radical (unpaired) electrons. The van der Waals surface area contributed by atoms with Crippen molar-refractivity contribution in [2.45, 2.75) is 31.2 Å². The lowest BCUT2D eigenvalue weighted by Crippen LogP contribution is -2.36. The monoisotopic (exact) mass is 513 g/mol. The number of nitrogens with zero attached hydrogens (tertiary/aromatic N) is 2. The van der Waals surface area contributed by atoms with E-state index in [2.05, 4.69) is 28.5 Å². The van der Waals surface area contributed by atoms with E-state index in [1.807, 2.05) is 36.4 Å². The Balaban J connectivity index is 1.75. The molecule has 1 aromatic heterocycles. The van der Waals surface area contributed by atoms with Gasteiger partial charge in [-0.3, -0.25) is 4.79 Å². The molecule has 35 heavy (non-hydrogen) atoms. The number of thioether (sulfide) groups is 1. The number of aromatic nitrogens is 1. The summed E-state index contributed by atoms with van der Waals surface area (Å²) in [6.45, 7) is 3.00. The summed E-state index contributed by atoms with van der Waals surface area (Å²) < 4.78 is 14.0. The number of fused-ring (bicyclic) bond motifs is 2. The van der Waals surface area contributed by atoms with Crippen molar-refractivity contribution >= 4 is 51.0 Å². The van der Waals surface area contributed by atoms with Crippen LogP contribution in [0.15, 0.2) is 58.0 Å². The van der Waals surface area contributed by atoms with Crippen molar-refractivity contribution in [1.29, 1.82) is 0 Å². The number of benzene rings is 2. The topological polar surface area (TPSA) is 83.1 Å². The summed E-state index contributed by atoms with van der Waals surface area (Å²) in [5, 5.41) is 21.0. The quantitative estimate of drug-likeness (QED) is 0.372. The Morgan fingerprint density at radius 1 is 1.14 bits per heavy atom.